The Labute approximate surface area is 80.9 Å². The zero-order chi connectivity index (χ0) is 9.90. The van der Waals surface area contributed by atoms with Gasteiger partial charge in [0.25, 0.3) is 0 Å². The highest BCUT2D eigenvalue weighted by molar-refractivity contribution is 5.85. The Hall–Kier alpha value is -0.370. The maximum Gasteiger partial charge on any atom is 0.140 e. The Morgan fingerprint density at radius 3 is 2.38 bits per heavy atom. The Balaban J connectivity index is 2.37. The van der Waals surface area contributed by atoms with Crippen LogP contribution in [0.4, 0.5) is 0 Å². The van der Waals surface area contributed by atoms with E-state index in [0.29, 0.717) is 18.2 Å². The maximum atomic E-state index is 11.8. The highest BCUT2D eigenvalue weighted by Gasteiger charge is 2.41. The third-order valence-corrected chi connectivity index (χ3v) is 3.24. The van der Waals surface area contributed by atoms with E-state index in [4.69, 9.17) is 5.73 Å². The van der Waals surface area contributed by atoms with Gasteiger partial charge in [0.1, 0.15) is 5.78 Å². The molecule has 0 aliphatic heterocycles. The first kappa shape index (κ1) is 10.7. The molecule has 1 aliphatic rings. The molecule has 0 heterocycles. The SMILES string of the molecule is CC(C)CCC(=O)C1(CN)CCC1. The second-order valence-electron chi connectivity index (χ2n) is 4.69. The van der Waals surface area contributed by atoms with Crippen LogP contribution in [0.1, 0.15) is 46.0 Å². The molecule has 0 aromatic heterocycles. The second kappa shape index (κ2) is 4.23. The molecule has 0 spiro atoms. The zero-order valence-electron chi connectivity index (χ0n) is 8.81. The zero-order valence-corrected chi connectivity index (χ0v) is 8.81. The third kappa shape index (κ3) is 2.31. The van der Waals surface area contributed by atoms with E-state index in [-0.39, 0.29) is 5.41 Å². The number of carbonyl (C=O) groups excluding carboxylic acids is 1. The van der Waals surface area contributed by atoms with E-state index in [9.17, 15) is 4.79 Å². The van der Waals surface area contributed by atoms with Crippen LogP contribution < -0.4 is 5.73 Å². The van der Waals surface area contributed by atoms with Crippen LogP contribution in [-0.4, -0.2) is 12.3 Å². The predicted molar refractivity (Wildman–Crippen MR) is 54.4 cm³/mol. The van der Waals surface area contributed by atoms with Crippen LogP contribution in [0.25, 0.3) is 0 Å². The first-order valence-electron chi connectivity index (χ1n) is 5.34. The molecular weight excluding hydrogens is 162 g/mol. The molecule has 1 saturated carbocycles. The maximum absolute atomic E-state index is 11.8. The number of hydrogen-bond acceptors (Lipinski definition) is 2. The third-order valence-electron chi connectivity index (χ3n) is 3.24. The smallest absolute Gasteiger partial charge is 0.140 e. The molecule has 0 amide bonds. The molecule has 1 rings (SSSR count). The lowest BCUT2D eigenvalue weighted by Gasteiger charge is -2.39. The van der Waals surface area contributed by atoms with Crippen LogP contribution >= 0.6 is 0 Å². The standard InChI is InChI=1S/C11H21NO/c1-9(2)4-5-10(13)11(8-12)6-3-7-11/h9H,3-8,12H2,1-2H3. The molecule has 0 bridgehead atoms. The van der Waals surface area contributed by atoms with Crippen molar-refractivity contribution < 1.29 is 4.79 Å². The van der Waals surface area contributed by atoms with Gasteiger partial charge in [0.15, 0.2) is 0 Å². The summed E-state index contributed by atoms with van der Waals surface area (Å²) in [7, 11) is 0. The number of ketones is 1. The summed E-state index contributed by atoms with van der Waals surface area (Å²) in [4.78, 5) is 11.8. The van der Waals surface area contributed by atoms with Gasteiger partial charge in [-0.05, 0) is 25.2 Å². The topological polar surface area (TPSA) is 43.1 Å². The molecule has 0 unspecified atom stereocenters. The lowest BCUT2D eigenvalue weighted by Crippen LogP contribution is -2.44. The van der Waals surface area contributed by atoms with Crippen molar-refractivity contribution in [2.45, 2.75) is 46.0 Å². The van der Waals surface area contributed by atoms with Gasteiger partial charge in [-0.15, -0.1) is 0 Å². The molecule has 1 fully saturated rings. The molecule has 2 nitrogen and oxygen atoms in total. The molecule has 2 N–H and O–H groups in total. The number of rotatable bonds is 5. The molecule has 0 radical (unpaired) electrons. The molecule has 0 atom stereocenters. The van der Waals surface area contributed by atoms with E-state index in [1.807, 2.05) is 0 Å². The molecular formula is C11H21NO. The van der Waals surface area contributed by atoms with E-state index in [1.54, 1.807) is 0 Å². The van der Waals surface area contributed by atoms with Gasteiger partial charge in [0, 0.05) is 18.4 Å². The number of hydrogen-bond donors (Lipinski definition) is 1. The van der Waals surface area contributed by atoms with E-state index in [2.05, 4.69) is 13.8 Å². The Morgan fingerprint density at radius 1 is 1.46 bits per heavy atom. The fourth-order valence-corrected chi connectivity index (χ4v) is 1.89. The lowest BCUT2D eigenvalue weighted by atomic mass is 9.65. The fraction of sp³-hybridized carbons (Fsp3) is 0.909. The molecule has 2 heteroatoms. The summed E-state index contributed by atoms with van der Waals surface area (Å²) >= 11 is 0. The number of nitrogens with two attached hydrogens (primary N) is 1. The van der Waals surface area contributed by atoms with Gasteiger partial charge in [-0.2, -0.15) is 0 Å². The normalized spacial score (nSPS) is 20.0. The van der Waals surface area contributed by atoms with Crippen molar-refractivity contribution in [3.63, 3.8) is 0 Å². The Bertz CT molecular complexity index is 177. The largest absolute Gasteiger partial charge is 0.329 e. The van der Waals surface area contributed by atoms with Crippen molar-refractivity contribution in [3.8, 4) is 0 Å². The lowest BCUT2D eigenvalue weighted by molar-refractivity contribution is -0.133. The predicted octanol–water partition coefficient (Wildman–Crippen LogP) is 2.12. The van der Waals surface area contributed by atoms with Crippen molar-refractivity contribution >= 4 is 5.78 Å². The average Bonchev–Trinajstić information content (AvgIpc) is 2.00. The highest BCUT2D eigenvalue weighted by atomic mass is 16.1. The minimum Gasteiger partial charge on any atom is -0.329 e. The average molecular weight is 183 g/mol. The van der Waals surface area contributed by atoms with E-state index in [0.717, 1.165) is 25.7 Å². The van der Waals surface area contributed by atoms with Crippen molar-refractivity contribution in [1.29, 1.82) is 0 Å². The summed E-state index contributed by atoms with van der Waals surface area (Å²) in [5, 5.41) is 0. The molecule has 76 valence electrons. The van der Waals surface area contributed by atoms with Crippen LogP contribution in [0.3, 0.4) is 0 Å². The monoisotopic (exact) mass is 183 g/mol. The van der Waals surface area contributed by atoms with Gasteiger partial charge in [-0.25, -0.2) is 0 Å². The molecule has 0 aromatic rings. The second-order valence-corrected chi connectivity index (χ2v) is 4.69. The summed E-state index contributed by atoms with van der Waals surface area (Å²) in [6, 6.07) is 0. The minimum absolute atomic E-state index is 0.102. The Morgan fingerprint density at radius 2 is 2.08 bits per heavy atom. The van der Waals surface area contributed by atoms with Crippen molar-refractivity contribution in [3.05, 3.63) is 0 Å². The van der Waals surface area contributed by atoms with Crippen LogP contribution in [0, 0.1) is 11.3 Å². The molecule has 13 heavy (non-hydrogen) atoms. The van der Waals surface area contributed by atoms with Crippen LogP contribution in [-0.2, 0) is 4.79 Å². The van der Waals surface area contributed by atoms with Crippen molar-refractivity contribution in [1.82, 2.24) is 0 Å². The van der Waals surface area contributed by atoms with Gasteiger partial charge in [-0.1, -0.05) is 20.3 Å². The first-order chi connectivity index (χ1) is 6.10. The summed E-state index contributed by atoms with van der Waals surface area (Å²) < 4.78 is 0. The summed E-state index contributed by atoms with van der Waals surface area (Å²) in [6.45, 7) is 4.87. The quantitative estimate of drug-likeness (QED) is 0.709. The summed E-state index contributed by atoms with van der Waals surface area (Å²) in [5.41, 5.74) is 5.55. The molecule has 0 aromatic carbocycles. The van der Waals surface area contributed by atoms with Gasteiger partial charge < -0.3 is 5.73 Å². The minimum atomic E-state index is -0.102. The van der Waals surface area contributed by atoms with Crippen LogP contribution in [0.5, 0.6) is 0 Å². The van der Waals surface area contributed by atoms with Gasteiger partial charge >= 0.3 is 0 Å². The molecule has 1 aliphatic carbocycles. The van der Waals surface area contributed by atoms with Crippen LogP contribution in [0.2, 0.25) is 0 Å². The van der Waals surface area contributed by atoms with Gasteiger partial charge in [0.2, 0.25) is 0 Å². The molecule has 0 saturated heterocycles. The summed E-state index contributed by atoms with van der Waals surface area (Å²) in [6.07, 6.45) is 4.99. The number of carbonyl (C=O) groups is 1. The van der Waals surface area contributed by atoms with Gasteiger partial charge in [0.05, 0.1) is 0 Å². The summed E-state index contributed by atoms with van der Waals surface area (Å²) in [5.74, 6) is 1.04. The van der Waals surface area contributed by atoms with Crippen molar-refractivity contribution in [2.24, 2.45) is 17.1 Å². The number of Topliss-reactive ketones (excluding diaryl/α,β-unsaturated/α-hetero) is 1. The van der Waals surface area contributed by atoms with E-state index < -0.39 is 0 Å². The van der Waals surface area contributed by atoms with Crippen LogP contribution in [0.15, 0.2) is 0 Å². The van der Waals surface area contributed by atoms with E-state index >= 15 is 0 Å². The Kier molecular flexibility index (Phi) is 3.48. The first-order valence-corrected chi connectivity index (χ1v) is 5.34. The van der Waals surface area contributed by atoms with E-state index in [1.165, 1.54) is 6.42 Å². The fourth-order valence-electron chi connectivity index (χ4n) is 1.89. The highest BCUT2D eigenvalue weighted by Crippen LogP contribution is 2.41. The van der Waals surface area contributed by atoms with Gasteiger partial charge in [-0.3, -0.25) is 4.79 Å². The van der Waals surface area contributed by atoms with Crippen molar-refractivity contribution in [2.75, 3.05) is 6.54 Å².